The van der Waals surface area contributed by atoms with Crippen molar-refractivity contribution in [3.8, 4) is 5.75 Å². The molecule has 20 heavy (non-hydrogen) atoms. The first kappa shape index (κ1) is 16.5. The van der Waals surface area contributed by atoms with Gasteiger partial charge < -0.3 is 20.5 Å². The fourth-order valence-electron chi connectivity index (χ4n) is 1.66. The van der Waals surface area contributed by atoms with Gasteiger partial charge in [0.25, 0.3) is 0 Å². The minimum atomic E-state index is -0.568. The van der Waals surface area contributed by atoms with Crippen LogP contribution in [0.1, 0.15) is 25.5 Å². The van der Waals surface area contributed by atoms with E-state index in [1.54, 1.807) is 7.11 Å². The van der Waals surface area contributed by atoms with E-state index in [4.69, 9.17) is 4.74 Å². The molecule has 0 aliphatic rings. The summed E-state index contributed by atoms with van der Waals surface area (Å²) in [6.45, 7) is 5.36. The number of methoxy groups -OCH3 is 1. The van der Waals surface area contributed by atoms with Crippen molar-refractivity contribution in [2.45, 2.75) is 20.0 Å². The maximum absolute atomic E-state index is 11.3. The second kappa shape index (κ2) is 8.55. The predicted molar refractivity (Wildman–Crippen MR) is 78.7 cm³/mol. The van der Waals surface area contributed by atoms with Crippen molar-refractivity contribution in [2.75, 3.05) is 26.7 Å². The highest BCUT2D eigenvalue weighted by Crippen LogP contribution is 2.16. The van der Waals surface area contributed by atoms with Crippen LogP contribution in [-0.4, -0.2) is 37.8 Å². The van der Waals surface area contributed by atoms with E-state index < -0.39 is 6.10 Å². The van der Waals surface area contributed by atoms with Crippen molar-refractivity contribution in [3.63, 3.8) is 0 Å². The Bertz CT molecular complexity index is 404. The molecule has 0 aliphatic carbocycles. The number of amides is 1. The monoisotopic (exact) mass is 280 g/mol. The number of rotatable bonds is 8. The number of ether oxygens (including phenoxy) is 1. The molecule has 0 saturated carbocycles. The molecule has 5 nitrogen and oxygen atoms in total. The van der Waals surface area contributed by atoms with E-state index in [2.05, 4.69) is 10.6 Å². The summed E-state index contributed by atoms with van der Waals surface area (Å²) in [7, 11) is 1.61. The van der Waals surface area contributed by atoms with Crippen LogP contribution in [0, 0.1) is 5.92 Å². The zero-order valence-electron chi connectivity index (χ0n) is 12.3. The van der Waals surface area contributed by atoms with Crippen molar-refractivity contribution in [1.82, 2.24) is 10.6 Å². The van der Waals surface area contributed by atoms with Gasteiger partial charge >= 0.3 is 0 Å². The number of aliphatic hydroxyl groups is 1. The molecule has 0 saturated heterocycles. The third kappa shape index (κ3) is 5.59. The molecule has 1 atom stereocenters. The average molecular weight is 280 g/mol. The Kier molecular flexibility index (Phi) is 7.04. The molecule has 0 bridgehead atoms. The minimum absolute atomic E-state index is 0.000102. The van der Waals surface area contributed by atoms with Crippen molar-refractivity contribution >= 4 is 5.91 Å². The Labute approximate surface area is 120 Å². The molecule has 112 valence electrons. The maximum atomic E-state index is 11.3. The Morgan fingerprint density at radius 2 is 1.90 bits per heavy atom. The van der Waals surface area contributed by atoms with Crippen molar-refractivity contribution < 1.29 is 14.6 Å². The number of benzene rings is 1. The molecule has 1 aromatic carbocycles. The molecule has 0 heterocycles. The molecule has 0 radical (unpaired) electrons. The van der Waals surface area contributed by atoms with Gasteiger partial charge in [-0.2, -0.15) is 0 Å². The van der Waals surface area contributed by atoms with Gasteiger partial charge in [0.1, 0.15) is 5.75 Å². The summed E-state index contributed by atoms with van der Waals surface area (Å²) in [6.07, 6.45) is -0.568. The molecular weight excluding hydrogens is 256 g/mol. The van der Waals surface area contributed by atoms with E-state index in [9.17, 15) is 9.90 Å². The van der Waals surface area contributed by atoms with Gasteiger partial charge in [0.15, 0.2) is 0 Å². The van der Waals surface area contributed by atoms with E-state index in [0.717, 1.165) is 11.3 Å². The smallest absolute Gasteiger partial charge is 0.222 e. The predicted octanol–water partition coefficient (Wildman–Crippen LogP) is 1.09. The Morgan fingerprint density at radius 1 is 1.25 bits per heavy atom. The van der Waals surface area contributed by atoms with Gasteiger partial charge in [-0.15, -0.1) is 0 Å². The third-order valence-electron chi connectivity index (χ3n) is 2.96. The normalized spacial score (nSPS) is 12.2. The quantitative estimate of drug-likeness (QED) is 0.623. The van der Waals surface area contributed by atoms with E-state index in [1.807, 2.05) is 38.1 Å². The van der Waals surface area contributed by atoms with Crippen LogP contribution in [0.25, 0.3) is 0 Å². The van der Waals surface area contributed by atoms with Crippen LogP contribution in [0.2, 0.25) is 0 Å². The Morgan fingerprint density at radius 3 is 2.45 bits per heavy atom. The van der Waals surface area contributed by atoms with Gasteiger partial charge in [-0.25, -0.2) is 0 Å². The summed E-state index contributed by atoms with van der Waals surface area (Å²) in [5.41, 5.74) is 0.838. The van der Waals surface area contributed by atoms with Crippen LogP contribution in [0.15, 0.2) is 24.3 Å². The lowest BCUT2D eigenvalue weighted by atomic mass is 10.1. The Balaban J connectivity index is 2.22. The molecule has 0 aromatic heterocycles. The van der Waals surface area contributed by atoms with Gasteiger partial charge in [-0.1, -0.05) is 26.0 Å². The number of carbonyl (C=O) groups excluding carboxylic acids is 1. The van der Waals surface area contributed by atoms with Gasteiger partial charge in [-0.3, -0.25) is 4.79 Å². The molecule has 0 aliphatic heterocycles. The summed E-state index contributed by atoms with van der Waals surface area (Å²) in [4.78, 5) is 11.3. The molecule has 1 amide bonds. The lowest BCUT2D eigenvalue weighted by Gasteiger charge is -2.13. The van der Waals surface area contributed by atoms with Crippen LogP contribution < -0.4 is 15.4 Å². The lowest BCUT2D eigenvalue weighted by molar-refractivity contribution is -0.123. The molecule has 1 unspecified atom stereocenters. The van der Waals surface area contributed by atoms with Crippen LogP contribution in [-0.2, 0) is 4.79 Å². The number of hydrogen-bond acceptors (Lipinski definition) is 4. The summed E-state index contributed by atoms with van der Waals surface area (Å²) < 4.78 is 5.07. The van der Waals surface area contributed by atoms with Crippen molar-refractivity contribution in [2.24, 2.45) is 5.92 Å². The molecule has 1 aromatic rings. The highest BCUT2D eigenvalue weighted by Gasteiger charge is 2.08. The molecule has 0 fully saturated rings. The van der Waals surface area contributed by atoms with Crippen LogP contribution in [0.4, 0.5) is 0 Å². The lowest BCUT2D eigenvalue weighted by Crippen LogP contribution is -2.35. The van der Waals surface area contributed by atoms with E-state index >= 15 is 0 Å². The number of aliphatic hydroxyl groups excluding tert-OH is 1. The van der Waals surface area contributed by atoms with Crippen LogP contribution in [0.3, 0.4) is 0 Å². The van der Waals surface area contributed by atoms with Gasteiger partial charge in [0.05, 0.1) is 13.2 Å². The number of hydrogen-bond donors (Lipinski definition) is 3. The second-order valence-electron chi connectivity index (χ2n) is 4.94. The maximum Gasteiger partial charge on any atom is 0.222 e. The average Bonchev–Trinajstić information content (AvgIpc) is 2.46. The summed E-state index contributed by atoms with van der Waals surface area (Å²) in [5.74, 6) is 0.813. The van der Waals surface area contributed by atoms with E-state index in [0.29, 0.717) is 19.6 Å². The topological polar surface area (TPSA) is 70.6 Å². The zero-order chi connectivity index (χ0) is 15.0. The van der Waals surface area contributed by atoms with Gasteiger partial charge in [0.2, 0.25) is 5.91 Å². The number of nitrogens with one attached hydrogen (secondary N) is 2. The molecular formula is C15H24N2O3. The fourth-order valence-corrected chi connectivity index (χ4v) is 1.66. The highest BCUT2D eigenvalue weighted by atomic mass is 16.5. The minimum Gasteiger partial charge on any atom is -0.497 e. The summed E-state index contributed by atoms with van der Waals surface area (Å²) in [5, 5.41) is 15.9. The third-order valence-corrected chi connectivity index (χ3v) is 2.96. The van der Waals surface area contributed by atoms with Crippen molar-refractivity contribution in [3.05, 3.63) is 29.8 Å². The SMILES string of the molecule is COc1ccc(C(O)CNCCNC(=O)C(C)C)cc1. The Hall–Kier alpha value is -1.59. The zero-order valence-corrected chi connectivity index (χ0v) is 12.3. The number of carbonyl (C=O) groups is 1. The summed E-state index contributed by atoms with van der Waals surface area (Å²) >= 11 is 0. The largest absolute Gasteiger partial charge is 0.497 e. The first-order valence-corrected chi connectivity index (χ1v) is 6.85. The summed E-state index contributed by atoms with van der Waals surface area (Å²) in [6, 6.07) is 7.32. The molecule has 3 N–H and O–H groups in total. The molecule has 5 heteroatoms. The van der Waals surface area contributed by atoms with Crippen molar-refractivity contribution in [1.29, 1.82) is 0 Å². The molecule has 1 rings (SSSR count). The standard InChI is InChI=1S/C15H24N2O3/c1-11(2)15(19)17-9-8-16-10-14(18)12-4-6-13(20-3)7-5-12/h4-7,11,14,16,18H,8-10H2,1-3H3,(H,17,19). The molecule has 0 spiro atoms. The fraction of sp³-hybridized carbons (Fsp3) is 0.533. The van der Waals surface area contributed by atoms with Crippen LogP contribution in [0.5, 0.6) is 5.75 Å². The first-order chi connectivity index (χ1) is 9.54. The van der Waals surface area contributed by atoms with E-state index in [-0.39, 0.29) is 11.8 Å². The second-order valence-corrected chi connectivity index (χ2v) is 4.94. The van der Waals surface area contributed by atoms with Gasteiger partial charge in [0, 0.05) is 25.6 Å². The van der Waals surface area contributed by atoms with Gasteiger partial charge in [-0.05, 0) is 17.7 Å². The highest BCUT2D eigenvalue weighted by molar-refractivity contribution is 5.77. The van der Waals surface area contributed by atoms with E-state index in [1.165, 1.54) is 0 Å². The first-order valence-electron chi connectivity index (χ1n) is 6.85. The van der Waals surface area contributed by atoms with Crippen LogP contribution >= 0.6 is 0 Å².